The Bertz CT molecular complexity index is 1120. The summed E-state index contributed by atoms with van der Waals surface area (Å²) in [6, 6.07) is 12.5. The maximum Gasteiger partial charge on any atom is 0.271 e. The van der Waals surface area contributed by atoms with Gasteiger partial charge < -0.3 is 0 Å². The van der Waals surface area contributed by atoms with Crippen molar-refractivity contribution in [1.29, 1.82) is 0 Å². The van der Waals surface area contributed by atoms with Crippen LogP contribution in [0.1, 0.15) is 16.8 Å². The molecule has 0 aliphatic heterocycles. The third-order valence-corrected chi connectivity index (χ3v) is 3.97. The molecule has 7 heteroatoms. The van der Waals surface area contributed by atoms with Crippen LogP contribution in [-0.2, 0) is 6.42 Å². The molecule has 0 fully saturated rings. The van der Waals surface area contributed by atoms with Crippen LogP contribution in [0.15, 0.2) is 51.9 Å². The predicted octanol–water partition coefficient (Wildman–Crippen LogP) is 3.01. The minimum absolute atomic E-state index is 0.184. The van der Waals surface area contributed by atoms with Crippen LogP contribution in [0.25, 0.3) is 22.4 Å². The molecule has 0 aliphatic carbocycles. The number of aryl methyl sites for hydroxylation is 1. The molecular weight excluding hydrogens is 323 g/mol. The lowest BCUT2D eigenvalue weighted by Crippen LogP contribution is -2.15. The Morgan fingerprint density at radius 1 is 1.12 bits per heavy atom. The van der Waals surface area contributed by atoms with Gasteiger partial charge in [0.05, 0.1) is 0 Å². The van der Waals surface area contributed by atoms with E-state index in [4.69, 9.17) is 0 Å². The smallest absolute Gasteiger partial charge is 0.271 e. The van der Waals surface area contributed by atoms with E-state index < -0.39 is 5.56 Å². The maximum atomic E-state index is 14.5. The summed E-state index contributed by atoms with van der Waals surface area (Å²) in [5.74, 6) is -0.345. The number of H-pyrrole nitrogens is 1. The number of hydrogen-bond donors (Lipinski definition) is 1. The largest absolute Gasteiger partial charge is 0.299 e. The average Bonchev–Trinajstić information content (AvgIpc) is 3.03. The molecule has 0 radical (unpaired) electrons. The van der Waals surface area contributed by atoms with E-state index in [1.807, 2.05) is 31.2 Å². The number of nitrogens with one attached hydrogen (secondary N) is 1. The lowest BCUT2D eigenvalue weighted by molar-refractivity contribution is 0.314. The fourth-order valence-corrected chi connectivity index (χ4v) is 2.64. The van der Waals surface area contributed by atoms with Gasteiger partial charge in [0.25, 0.3) is 5.56 Å². The van der Waals surface area contributed by atoms with Gasteiger partial charge in [-0.2, -0.15) is 0 Å². The van der Waals surface area contributed by atoms with Crippen LogP contribution in [0.4, 0.5) is 4.39 Å². The zero-order valence-corrected chi connectivity index (χ0v) is 13.3. The summed E-state index contributed by atoms with van der Waals surface area (Å²) >= 11 is 0. The van der Waals surface area contributed by atoms with Gasteiger partial charge in [-0.15, -0.1) is 0 Å². The van der Waals surface area contributed by atoms with E-state index in [2.05, 4.69) is 24.9 Å². The van der Waals surface area contributed by atoms with E-state index in [-0.39, 0.29) is 29.2 Å². The minimum atomic E-state index is -0.397. The number of aromatic nitrogens is 4. The minimum Gasteiger partial charge on any atom is -0.299 e. The van der Waals surface area contributed by atoms with Crippen LogP contribution in [0.3, 0.4) is 0 Å². The van der Waals surface area contributed by atoms with E-state index in [0.29, 0.717) is 11.1 Å². The first kappa shape index (κ1) is 15.2. The normalized spacial score (nSPS) is 11.1. The highest BCUT2D eigenvalue weighted by molar-refractivity contribution is 5.65. The van der Waals surface area contributed by atoms with Gasteiger partial charge >= 0.3 is 0 Å². The first-order valence-electron chi connectivity index (χ1n) is 7.67. The van der Waals surface area contributed by atoms with Crippen molar-refractivity contribution in [3.63, 3.8) is 0 Å². The third-order valence-electron chi connectivity index (χ3n) is 3.97. The molecule has 124 valence electrons. The van der Waals surface area contributed by atoms with Crippen LogP contribution in [0.2, 0.25) is 0 Å². The van der Waals surface area contributed by atoms with E-state index in [9.17, 15) is 9.18 Å². The molecule has 2 heterocycles. The Morgan fingerprint density at radius 3 is 2.68 bits per heavy atom. The van der Waals surface area contributed by atoms with Gasteiger partial charge in [-0.3, -0.25) is 9.78 Å². The van der Waals surface area contributed by atoms with Crippen molar-refractivity contribution in [3.8, 4) is 11.1 Å². The molecule has 1 N–H and O–H groups in total. The van der Waals surface area contributed by atoms with Crippen molar-refractivity contribution < 1.29 is 9.02 Å². The van der Waals surface area contributed by atoms with Crippen LogP contribution < -0.4 is 5.56 Å². The fourth-order valence-electron chi connectivity index (χ4n) is 2.64. The van der Waals surface area contributed by atoms with Crippen molar-refractivity contribution in [1.82, 2.24) is 20.3 Å². The Labute approximate surface area is 141 Å². The molecule has 2 aromatic carbocycles. The van der Waals surface area contributed by atoms with Crippen LogP contribution in [-0.4, -0.2) is 20.3 Å². The Hall–Kier alpha value is -3.35. The second kappa shape index (κ2) is 5.94. The Balaban J connectivity index is 1.67. The van der Waals surface area contributed by atoms with Crippen molar-refractivity contribution in [3.05, 3.63) is 75.5 Å². The number of fused-ring (bicyclic) bond motifs is 1. The zero-order valence-electron chi connectivity index (χ0n) is 13.3. The number of nitrogens with zero attached hydrogens (tertiary/aromatic N) is 3. The number of benzene rings is 2. The quantitative estimate of drug-likeness (QED) is 0.622. The molecule has 0 atom stereocenters. The van der Waals surface area contributed by atoms with Gasteiger partial charge in [-0.05, 0) is 34.4 Å². The van der Waals surface area contributed by atoms with Crippen molar-refractivity contribution in [2.45, 2.75) is 13.3 Å². The van der Waals surface area contributed by atoms with Gasteiger partial charge in [-0.1, -0.05) is 42.0 Å². The third kappa shape index (κ3) is 2.91. The maximum absolute atomic E-state index is 14.5. The molecule has 4 rings (SSSR count). The standard InChI is InChI=1S/C18H13FN4O2/c1-10-2-5-12(6-3-10)13-7-4-11(8-14(13)19)9-15-18(24)21-17-16(20-15)22-25-23-17/h2-8H,9H2,1H3,(H,21,23,24). The molecule has 6 nitrogen and oxygen atoms in total. The first-order chi connectivity index (χ1) is 12.1. The molecule has 0 saturated carbocycles. The fraction of sp³-hybridized carbons (Fsp3) is 0.111. The molecular formula is C18H13FN4O2. The lowest BCUT2D eigenvalue weighted by atomic mass is 10.0. The Kier molecular flexibility index (Phi) is 3.61. The SMILES string of the molecule is Cc1ccc(-c2ccc(Cc3nc4nonc4[nH]c3=O)cc2F)cc1. The number of rotatable bonds is 3. The predicted molar refractivity (Wildman–Crippen MR) is 89.6 cm³/mol. The molecule has 0 aliphatic rings. The molecule has 0 saturated heterocycles. The lowest BCUT2D eigenvalue weighted by Gasteiger charge is -2.07. The highest BCUT2D eigenvalue weighted by Gasteiger charge is 2.12. The van der Waals surface area contributed by atoms with E-state index in [1.54, 1.807) is 12.1 Å². The molecule has 0 amide bonds. The second-order valence-electron chi connectivity index (χ2n) is 5.81. The van der Waals surface area contributed by atoms with Crippen molar-refractivity contribution in [2.24, 2.45) is 0 Å². The monoisotopic (exact) mass is 336 g/mol. The molecule has 0 bridgehead atoms. The average molecular weight is 336 g/mol. The summed E-state index contributed by atoms with van der Waals surface area (Å²) in [6.07, 6.45) is 0.184. The van der Waals surface area contributed by atoms with Gasteiger partial charge in [0.1, 0.15) is 11.5 Å². The van der Waals surface area contributed by atoms with Gasteiger partial charge in [0, 0.05) is 12.0 Å². The van der Waals surface area contributed by atoms with Crippen LogP contribution >= 0.6 is 0 Å². The van der Waals surface area contributed by atoms with Crippen molar-refractivity contribution >= 4 is 11.3 Å². The first-order valence-corrected chi connectivity index (χ1v) is 7.67. The zero-order chi connectivity index (χ0) is 17.4. The van der Waals surface area contributed by atoms with Crippen LogP contribution in [0, 0.1) is 12.7 Å². The molecule has 0 spiro atoms. The number of aromatic amines is 1. The van der Waals surface area contributed by atoms with Gasteiger partial charge in [0.2, 0.25) is 11.3 Å². The summed E-state index contributed by atoms with van der Waals surface area (Å²) < 4.78 is 19.0. The topological polar surface area (TPSA) is 84.7 Å². The highest BCUT2D eigenvalue weighted by atomic mass is 19.1. The Morgan fingerprint density at radius 2 is 1.92 bits per heavy atom. The highest BCUT2D eigenvalue weighted by Crippen LogP contribution is 2.24. The number of halogens is 1. The van der Waals surface area contributed by atoms with Crippen molar-refractivity contribution in [2.75, 3.05) is 0 Å². The molecule has 0 unspecified atom stereocenters. The van der Waals surface area contributed by atoms with E-state index in [1.165, 1.54) is 6.07 Å². The summed E-state index contributed by atoms with van der Waals surface area (Å²) in [5, 5.41) is 7.13. The summed E-state index contributed by atoms with van der Waals surface area (Å²) in [6.45, 7) is 1.98. The van der Waals surface area contributed by atoms with E-state index in [0.717, 1.165) is 11.1 Å². The summed E-state index contributed by atoms with van der Waals surface area (Å²) in [4.78, 5) is 18.7. The number of hydrogen-bond acceptors (Lipinski definition) is 5. The molecule has 25 heavy (non-hydrogen) atoms. The summed E-state index contributed by atoms with van der Waals surface area (Å²) in [7, 11) is 0. The van der Waals surface area contributed by atoms with E-state index >= 15 is 0 Å². The molecule has 2 aromatic heterocycles. The summed E-state index contributed by atoms with van der Waals surface area (Å²) in [5.41, 5.74) is 3.31. The van der Waals surface area contributed by atoms with Crippen LogP contribution in [0.5, 0.6) is 0 Å². The molecule has 4 aromatic rings. The van der Waals surface area contributed by atoms with Gasteiger partial charge in [-0.25, -0.2) is 14.0 Å². The second-order valence-corrected chi connectivity index (χ2v) is 5.81. The van der Waals surface area contributed by atoms with Gasteiger partial charge in [0.15, 0.2) is 0 Å².